The summed E-state index contributed by atoms with van der Waals surface area (Å²) in [6.45, 7) is 0.123. The van der Waals surface area contributed by atoms with Crippen molar-refractivity contribution in [3.63, 3.8) is 0 Å². The normalized spacial score (nSPS) is 15.4. The average molecular weight is 459 g/mol. The van der Waals surface area contributed by atoms with Crippen LogP contribution in [-0.2, 0) is 11.3 Å². The third kappa shape index (κ3) is 3.79. The third-order valence-electron chi connectivity index (χ3n) is 4.63. The fourth-order valence-corrected chi connectivity index (χ4v) is 4.52. The highest BCUT2D eigenvalue weighted by atomic mass is 35.5. The van der Waals surface area contributed by atoms with Crippen molar-refractivity contribution in [1.82, 2.24) is 4.90 Å². The molecular formula is C21H12Cl2N2O4S. The Labute approximate surface area is 185 Å². The number of nitro groups is 1. The van der Waals surface area contributed by atoms with Crippen molar-refractivity contribution in [2.24, 2.45) is 0 Å². The Bertz CT molecular complexity index is 1250. The molecule has 0 aliphatic carbocycles. The minimum atomic E-state index is -0.637. The van der Waals surface area contributed by atoms with Gasteiger partial charge in [-0.1, -0.05) is 65.7 Å². The molecule has 0 spiro atoms. The monoisotopic (exact) mass is 458 g/mol. The predicted octanol–water partition coefficient (Wildman–Crippen LogP) is 6.29. The zero-order chi connectivity index (χ0) is 21.4. The molecule has 1 aliphatic heterocycles. The molecule has 6 nitrogen and oxygen atoms in total. The molecule has 3 aromatic rings. The van der Waals surface area contributed by atoms with Crippen LogP contribution in [0.1, 0.15) is 11.1 Å². The highest BCUT2D eigenvalue weighted by Gasteiger charge is 2.35. The highest BCUT2D eigenvalue weighted by molar-refractivity contribution is 8.18. The van der Waals surface area contributed by atoms with Crippen LogP contribution in [0.25, 0.3) is 16.8 Å². The van der Waals surface area contributed by atoms with Crippen LogP contribution in [0, 0.1) is 10.1 Å². The lowest BCUT2D eigenvalue weighted by Crippen LogP contribution is -2.27. The first kappa shape index (κ1) is 20.4. The first-order valence-corrected chi connectivity index (χ1v) is 10.3. The Morgan fingerprint density at radius 2 is 1.77 bits per heavy atom. The molecule has 0 bridgehead atoms. The van der Waals surface area contributed by atoms with Crippen LogP contribution in [0.4, 0.5) is 10.5 Å². The molecule has 0 radical (unpaired) electrons. The molecular weight excluding hydrogens is 447 g/mol. The molecule has 0 saturated carbocycles. The maximum absolute atomic E-state index is 12.9. The van der Waals surface area contributed by atoms with Crippen molar-refractivity contribution >= 4 is 68.6 Å². The maximum atomic E-state index is 12.9. The smallest absolute Gasteiger partial charge is 0.268 e. The topological polar surface area (TPSA) is 80.5 Å². The van der Waals surface area contributed by atoms with Crippen LogP contribution in [-0.4, -0.2) is 21.0 Å². The number of nitrogens with zero attached hydrogens (tertiary/aromatic N) is 2. The van der Waals surface area contributed by atoms with Crippen molar-refractivity contribution in [3.05, 3.63) is 90.8 Å². The summed E-state index contributed by atoms with van der Waals surface area (Å²) in [5.41, 5.74) is 0.752. The Kier molecular flexibility index (Phi) is 5.51. The molecule has 0 atom stereocenters. The quantitative estimate of drug-likeness (QED) is 0.260. The van der Waals surface area contributed by atoms with E-state index in [9.17, 15) is 19.7 Å². The number of hydrogen-bond acceptors (Lipinski definition) is 5. The number of hydrogen-bond donors (Lipinski definition) is 0. The summed E-state index contributed by atoms with van der Waals surface area (Å²) in [5, 5.41) is 12.7. The van der Waals surface area contributed by atoms with E-state index in [1.165, 1.54) is 18.2 Å². The molecule has 0 N–H and O–H groups in total. The summed E-state index contributed by atoms with van der Waals surface area (Å²) >= 11 is 12.7. The number of nitro benzene ring substituents is 1. The van der Waals surface area contributed by atoms with Gasteiger partial charge in [0.25, 0.3) is 16.8 Å². The molecule has 3 aromatic carbocycles. The summed E-state index contributed by atoms with van der Waals surface area (Å²) in [6.07, 6.45) is 1.37. The summed E-state index contributed by atoms with van der Waals surface area (Å²) in [4.78, 5) is 37.2. The van der Waals surface area contributed by atoms with Gasteiger partial charge in [-0.2, -0.15) is 0 Å². The molecule has 1 aliphatic rings. The Balaban J connectivity index is 1.66. The fourth-order valence-electron chi connectivity index (χ4n) is 3.18. The third-order valence-corrected chi connectivity index (χ3v) is 6.17. The van der Waals surface area contributed by atoms with E-state index in [1.54, 1.807) is 0 Å². The second-order valence-corrected chi connectivity index (χ2v) is 8.30. The molecule has 30 heavy (non-hydrogen) atoms. The van der Waals surface area contributed by atoms with E-state index in [0.717, 1.165) is 33.0 Å². The molecule has 0 unspecified atom stereocenters. The van der Waals surface area contributed by atoms with Crippen LogP contribution in [0.5, 0.6) is 0 Å². The molecule has 9 heteroatoms. The first-order valence-electron chi connectivity index (χ1n) is 8.70. The average Bonchev–Trinajstić information content (AvgIpc) is 2.97. The van der Waals surface area contributed by atoms with E-state index in [1.807, 2.05) is 42.5 Å². The summed E-state index contributed by atoms with van der Waals surface area (Å²) in [7, 11) is 0. The van der Waals surface area contributed by atoms with Gasteiger partial charge in [-0.05, 0) is 40.2 Å². The van der Waals surface area contributed by atoms with Gasteiger partial charge in [-0.3, -0.25) is 24.6 Å². The molecule has 2 amide bonds. The molecule has 150 valence electrons. The number of carbonyl (C=O) groups is 2. The molecule has 0 aromatic heterocycles. The Morgan fingerprint density at radius 1 is 1.03 bits per heavy atom. The number of halogens is 2. The van der Waals surface area contributed by atoms with Crippen LogP contribution >= 0.6 is 35.0 Å². The first-order chi connectivity index (χ1) is 14.3. The van der Waals surface area contributed by atoms with Crippen molar-refractivity contribution in [2.75, 3.05) is 0 Å². The second-order valence-electron chi connectivity index (χ2n) is 6.49. The number of benzene rings is 3. The second kappa shape index (κ2) is 8.10. The Hall–Kier alpha value is -2.87. The van der Waals surface area contributed by atoms with Gasteiger partial charge in [0.1, 0.15) is 5.02 Å². The van der Waals surface area contributed by atoms with Crippen LogP contribution in [0.15, 0.2) is 59.5 Å². The van der Waals surface area contributed by atoms with Crippen LogP contribution in [0.2, 0.25) is 10.0 Å². The van der Waals surface area contributed by atoms with Crippen LogP contribution in [0.3, 0.4) is 0 Å². The standard InChI is InChI=1S/C21H12Cl2N2O4S/c22-16-10-17(23)18(25(28)29)8-14(16)9-19-20(26)24(21(27)30-19)11-13-6-3-5-12-4-1-2-7-15(12)13/h1-10H,11H2/b19-9-. The number of rotatable bonds is 4. The minimum absolute atomic E-state index is 0.105. The van der Waals surface area contributed by atoms with E-state index < -0.39 is 16.1 Å². The van der Waals surface area contributed by atoms with Gasteiger partial charge in [0.05, 0.1) is 16.4 Å². The fraction of sp³-hybridized carbons (Fsp3) is 0.0476. The number of amides is 2. The van der Waals surface area contributed by atoms with Gasteiger partial charge >= 0.3 is 0 Å². The van der Waals surface area contributed by atoms with Gasteiger partial charge in [-0.15, -0.1) is 0 Å². The summed E-state index contributed by atoms with van der Waals surface area (Å²) < 4.78 is 0. The SMILES string of the molecule is O=C1S/C(=C\c2cc([N+](=O)[O-])c(Cl)cc2Cl)C(=O)N1Cc1cccc2ccccc12. The molecule has 1 fully saturated rings. The van der Waals surface area contributed by atoms with Gasteiger partial charge in [0, 0.05) is 16.7 Å². The predicted molar refractivity (Wildman–Crippen MR) is 119 cm³/mol. The van der Waals surface area contributed by atoms with Crippen molar-refractivity contribution in [2.45, 2.75) is 6.54 Å². The van der Waals surface area contributed by atoms with Gasteiger partial charge in [0.2, 0.25) is 0 Å². The highest BCUT2D eigenvalue weighted by Crippen LogP contribution is 2.37. The number of thioether (sulfide) groups is 1. The van der Waals surface area contributed by atoms with Crippen molar-refractivity contribution < 1.29 is 14.5 Å². The lowest BCUT2D eigenvalue weighted by atomic mass is 10.0. The molecule has 1 saturated heterocycles. The van der Waals surface area contributed by atoms with E-state index in [0.29, 0.717) is 0 Å². The van der Waals surface area contributed by atoms with Crippen LogP contribution < -0.4 is 0 Å². The van der Waals surface area contributed by atoms with Crippen molar-refractivity contribution in [3.8, 4) is 0 Å². The maximum Gasteiger partial charge on any atom is 0.293 e. The van der Waals surface area contributed by atoms with Gasteiger partial charge < -0.3 is 0 Å². The summed E-state index contributed by atoms with van der Waals surface area (Å²) in [5.74, 6) is -0.480. The Morgan fingerprint density at radius 3 is 2.53 bits per heavy atom. The minimum Gasteiger partial charge on any atom is -0.268 e. The number of imide groups is 1. The largest absolute Gasteiger partial charge is 0.293 e. The number of carbonyl (C=O) groups excluding carboxylic acids is 2. The van der Waals surface area contributed by atoms with E-state index in [2.05, 4.69) is 0 Å². The molecule has 4 rings (SSSR count). The van der Waals surface area contributed by atoms with E-state index in [4.69, 9.17) is 23.2 Å². The van der Waals surface area contributed by atoms with Gasteiger partial charge in [0.15, 0.2) is 0 Å². The zero-order valence-electron chi connectivity index (χ0n) is 15.2. The van der Waals surface area contributed by atoms with E-state index >= 15 is 0 Å². The number of fused-ring (bicyclic) bond motifs is 1. The van der Waals surface area contributed by atoms with E-state index in [-0.39, 0.29) is 32.7 Å². The summed E-state index contributed by atoms with van der Waals surface area (Å²) in [6, 6.07) is 15.8. The lowest BCUT2D eigenvalue weighted by Gasteiger charge is -2.14. The molecule has 1 heterocycles. The zero-order valence-corrected chi connectivity index (χ0v) is 17.5. The van der Waals surface area contributed by atoms with Gasteiger partial charge in [-0.25, -0.2) is 0 Å². The van der Waals surface area contributed by atoms with Crippen molar-refractivity contribution in [1.29, 1.82) is 0 Å². The lowest BCUT2D eigenvalue weighted by molar-refractivity contribution is -0.384.